The Morgan fingerprint density at radius 1 is 1.32 bits per heavy atom. The lowest BCUT2D eigenvalue weighted by atomic mass is 10.0. The molecule has 0 spiro atoms. The summed E-state index contributed by atoms with van der Waals surface area (Å²) in [5, 5.41) is 2.99. The first-order valence-corrected chi connectivity index (χ1v) is 8.76. The quantitative estimate of drug-likeness (QED) is 0.888. The summed E-state index contributed by atoms with van der Waals surface area (Å²) < 4.78 is 13.7. The van der Waals surface area contributed by atoms with Crippen LogP contribution in [0.4, 0.5) is 4.39 Å². The number of rotatable bonds is 5. The fraction of sp³-hybridized carbons (Fsp3) is 0.579. The standard InChI is InChI=1S/C19H28FN3O2/c1-12(21-4)19(25)23-17(13(2)22(5)14(3)24)9-10-18(23)15-7-6-8-16(20)11-15/h6-8,11-13,17-18,21H,9-10H2,1-5H3/t12-,13+,17?,18?/m1/s1. The number of halogens is 1. The number of likely N-dealkylation sites (N-methyl/N-ethyl adjacent to an activating group) is 2. The zero-order chi connectivity index (χ0) is 18.7. The molecule has 0 radical (unpaired) electrons. The summed E-state index contributed by atoms with van der Waals surface area (Å²) in [6, 6.07) is 5.72. The van der Waals surface area contributed by atoms with E-state index < -0.39 is 0 Å². The molecule has 2 rings (SSSR count). The number of likely N-dealkylation sites (tertiary alicyclic amines) is 1. The molecule has 1 fully saturated rings. The SMILES string of the molecule is CN[C@H](C)C(=O)N1C(c2cccc(F)c2)CCC1[C@H](C)N(C)C(C)=O. The molecule has 2 amide bonds. The maximum absolute atomic E-state index is 13.7. The van der Waals surface area contributed by atoms with Crippen LogP contribution in [0.15, 0.2) is 24.3 Å². The summed E-state index contributed by atoms with van der Waals surface area (Å²) in [5.74, 6) is -0.359. The van der Waals surface area contributed by atoms with Crippen LogP contribution in [0.25, 0.3) is 0 Å². The van der Waals surface area contributed by atoms with Crippen molar-refractivity contribution in [3.8, 4) is 0 Å². The highest BCUT2D eigenvalue weighted by Gasteiger charge is 2.42. The van der Waals surface area contributed by atoms with Crippen LogP contribution in [0.2, 0.25) is 0 Å². The highest BCUT2D eigenvalue weighted by atomic mass is 19.1. The van der Waals surface area contributed by atoms with Gasteiger partial charge in [0.25, 0.3) is 0 Å². The van der Waals surface area contributed by atoms with E-state index >= 15 is 0 Å². The Labute approximate surface area is 149 Å². The first-order valence-electron chi connectivity index (χ1n) is 8.76. The summed E-state index contributed by atoms with van der Waals surface area (Å²) >= 11 is 0. The molecule has 2 unspecified atom stereocenters. The minimum Gasteiger partial charge on any atom is -0.341 e. The summed E-state index contributed by atoms with van der Waals surface area (Å²) in [7, 11) is 3.50. The van der Waals surface area contributed by atoms with Gasteiger partial charge in [-0.1, -0.05) is 12.1 Å². The van der Waals surface area contributed by atoms with E-state index in [4.69, 9.17) is 0 Å². The van der Waals surface area contributed by atoms with Gasteiger partial charge in [-0.05, 0) is 51.4 Å². The molecule has 1 aromatic carbocycles. The Hall–Kier alpha value is -1.95. The second-order valence-corrected chi connectivity index (χ2v) is 6.84. The predicted molar refractivity (Wildman–Crippen MR) is 95.4 cm³/mol. The van der Waals surface area contributed by atoms with E-state index in [1.807, 2.05) is 24.8 Å². The second kappa shape index (κ2) is 7.95. The van der Waals surface area contributed by atoms with Gasteiger partial charge in [-0.15, -0.1) is 0 Å². The third-order valence-corrected chi connectivity index (χ3v) is 5.38. The number of hydrogen-bond acceptors (Lipinski definition) is 3. The van der Waals surface area contributed by atoms with Crippen molar-refractivity contribution in [2.75, 3.05) is 14.1 Å². The molecule has 1 aliphatic rings. The molecule has 138 valence electrons. The van der Waals surface area contributed by atoms with E-state index in [1.165, 1.54) is 19.1 Å². The summed E-state index contributed by atoms with van der Waals surface area (Å²) in [6.07, 6.45) is 1.54. The van der Waals surface area contributed by atoms with Gasteiger partial charge in [0, 0.05) is 20.0 Å². The summed E-state index contributed by atoms with van der Waals surface area (Å²) in [5.41, 5.74) is 0.803. The molecule has 1 saturated heterocycles. The molecular formula is C19H28FN3O2. The van der Waals surface area contributed by atoms with Gasteiger partial charge in [0.15, 0.2) is 0 Å². The maximum Gasteiger partial charge on any atom is 0.240 e. The van der Waals surface area contributed by atoms with Gasteiger partial charge in [-0.25, -0.2) is 4.39 Å². The van der Waals surface area contributed by atoms with Crippen LogP contribution >= 0.6 is 0 Å². The van der Waals surface area contributed by atoms with Gasteiger partial charge >= 0.3 is 0 Å². The molecular weight excluding hydrogens is 321 g/mol. The Balaban J connectivity index is 2.37. The van der Waals surface area contributed by atoms with Gasteiger partial charge in [0.05, 0.1) is 18.1 Å². The van der Waals surface area contributed by atoms with Crippen LogP contribution in [0.1, 0.15) is 45.2 Å². The highest BCUT2D eigenvalue weighted by Crippen LogP contribution is 2.39. The zero-order valence-electron chi connectivity index (χ0n) is 15.6. The van der Waals surface area contributed by atoms with Crippen LogP contribution in [-0.2, 0) is 9.59 Å². The number of benzene rings is 1. The van der Waals surface area contributed by atoms with Gasteiger partial charge in [-0.2, -0.15) is 0 Å². The van der Waals surface area contributed by atoms with E-state index in [0.29, 0.717) is 0 Å². The lowest BCUT2D eigenvalue weighted by Gasteiger charge is -2.38. The van der Waals surface area contributed by atoms with Gasteiger partial charge < -0.3 is 15.1 Å². The van der Waals surface area contributed by atoms with Crippen molar-refractivity contribution in [2.45, 2.75) is 57.8 Å². The lowest BCUT2D eigenvalue weighted by Crippen LogP contribution is -2.53. The third-order valence-electron chi connectivity index (χ3n) is 5.38. The van der Waals surface area contributed by atoms with Crippen molar-refractivity contribution in [2.24, 2.45) is 0 Å². The molecule has 0 aromatic heterocycles. The van der Waals surface area contributed by atoms with E-state index in [9.17, 15) is 14.0 Å². The van der Waals surface area contributed by atoms with E-state index in [-0.39, 0.29) is 41.8 Å². The lowest BCUT2D eigenvalue weighted by molar-refractivity contribution is -0.140. The Morgan fingerprint density at radius 3 is 2.56 bits per heavy atom. The molecule has 1 N–H and O–H groups in total. The van der Waals surface area contributed by atoms with Crippen LogP contribution in [0.3, 0.4) is 0 Å². The van der Waals surface area contributed by atoms with Crippen molar-refractivity contribution in [3.05, 3.63) is 35.6 Å². The third kappa shape index (κ3) is 4.00. The zero-order valence-corrected chi connectivity index (χ0v) is 15.6. The molecule has 1 heterocycles. The number of carbonyl (C=O) groups excluding carboxylic acids is 2. The number of hydrogen-bond donors (Lipinski definition) is 1. The Morgan fingerprint density at radius 2 is 2.00 bits per heavy atom. The molecule has 0 aliphatic carbocycles. The van der Waals surface area contributed by atoms with Crippen molar-refractivity contribution in [3.63, 3.8) is 0 Å². The molecule has 0 bridgehead atoms. The molecule has 5 nitrogen and oxygen atoms in total. The van der Waals surface area contributed by atoms with Gasteiger partial charge in [0.2, 0.25) is 11.8 Å². The highest BCUT2D eigenvalue weighted by molar-refractivity contribution is 5.83. The van der Waals surface area contributed by atoms with Crippen LogP contribution in [-0.4, -0.2) is 53.8 Å². The van der Waals surface area contributed by atoms with Gasteiger partial charge in [-0.3, -0.25) is 9.59 Å². The number of amides is 2. The van der Waals surface area contributed by atoms with Crippen LogP contribution < -0.4 is 5.32 Å². The second-order valence-electron chi connectivity index (χ2n) is 6.84. The molecule has 25 heavy (non-hydrogen) atoms. The maximum atomic E-state index is 13.7. The predicted octanol–water partition coefficient (Wildman–Crippen LogP) is 2.33. The normalized spacial score (nSPS) is 22.6. The minimum absolute atomic E-state index is 0.0249. The number of carbonyl (C=O) groups is 2. The Kier molecular flexibility index (Phi) is 6.16. The van der Waals surface area contributed by atoms with Crippen LogP contribution in [0, 0.1) is 5.82 Å². The minimum atomic E-state index is -0.341. The molecule has 1 aromatic rings. The van der Waals surface area contributed by atoms with Crippen molar-refractivity contribution in [1.29, 1.82) is 0 Å². The molecule has 4 atom stereocenters. The average Bonchev–Trinajstić information content (AvgIpc) is 3.03. The fourth-order valence-corrected chi connectivity index (χ4v) is 3.56. The van der Waals surface area contributed by atoms with E-state index in [1.54, 1.807) is 25.1 Å². The average molecular weight is 349 g/mol. The van der Waals surface area contributed by atoms with Crippen molar-refractivity contribution in [1.82, 2.24) is 15.1 Å². The smallest absolute Gasteiger partial charge is 0.240 e. The number of nitrogens with zero attached hydrogens (tertiary/aromatic N) is 2. The summed E-state index contributed by atoms with van der Waals surface area (Å²) in [6.45, 7) is 5.31. The topological polar surface area (TPSA) is 52.7 Å². The monoisotopic (exact) mass is 349 g/mol. The largest absolute Gasteiger partial charge is 0.341 e. The fourth-order valence-electron chi connectivity index (χ4n) is 3.56. The summed E-state index contributed by atoms with van der Waals surface area (Å²) in [4.78, 5) is 28.3. The van der Waals surface area contributed by atoms with E-state index in [0.717, 1.165) is 18.4 Å². The van der Waals surface area contributed by atoms with Crippen molar-refractivity contribution < 1.29 is 14.0 Å². The molecule has 6 heteroatoms. The first kappa shape index (κ1) is 19.4. The van der Waals surface area contributed by atoms with Crippen LogP contribution in [0.5, 0.6) is 0 Å². The van der Waals surface area contributed by atoms with E-state index in [2.05, 4.69) is 5.32 Å². The number of nitrogens with one attached hydrogen (secondary N) is 1. The Bertz CT molecular complexity index is 637. The van der Waals surface area contributed by atoms with Gasteiger partial charge in [0.1, 0.15) is 5.82 Å². The van der Waals surface area contributed by atoms with Crippen molar-refractivity contribution >= 4 is 11.8 Å². The molecule has 0 saturated carbocycles. The molecule has 1 aliphatic heterocycles. The first-order chi connectivity index (χ1) is 11.8.